The van der Waals surface area contributed by atoms with Crippen LogP contribution in [0.3, 0.4) is 0 Å². The normalized spacial score (nSPS) is 10.7. The van der Waals surface area contributed by atoms with Crippen molar-refractivity contribution in [3.05, 3.63) is 90.3 Å². The van der Waals surface area contributed by atoms with E-state index in [2.05, 4.69) is 25.6 Å². The highest BCUT2D eigenvalue weighted by molar-refractivity contribution is 5.92. The quantitative estimate of drug-likeness (QED) is 0.489. The molecular formula is C22H18F2N6O. The molecule has 2 aromatic carbocycles. The topological polar surface area (TPSA) is 84.7 Å². The lowest BCUT2D eigenvalue weighted by Crippen LogP contribution is -2.15. The number of rotatable bonds is 6. The van der Waals surface area contributed by atoms with Gasteiger partial charge in [0.1, 0.15) is 35.4 Å². The molecule has 0 saturated heterocycles. The average molecular weight is 420 g/mol. The molecule has 0 unspecified atom stereocenters. The molecular weight excluding hydrogens is 402 g/mol. The number of hydrogen-bond donors (Lipinski definition) is 2. The molecule has 0 aliphatic heterocycles. The van der Waals surface area contributed by atoms with E-state index in [1.165, 1.54) is 12.4 Å². The van der Waals surface area contributed by atoms with Gasteiger partial charge < -0.3 is 10.6 Å². The van der Waals surface area contributed by atoms with Gasteiger partial charge in [-0.15, -0.1) is 0 Å². The number of amides is 1. The van der Waals surface area contributed by atoms with Crippen LogP contribution < -0.4 is 10.6 Å². The van der Waals surface area contributed by atoms with Crippen molar-refractivity contribution in [3.63, 3.8) is 0 Å². The smallest absolute Gasteiger partial charge is 0.228 e. The Morgan fingerprint density at radius 1 is 1.00 bits per heavy atom. The van der Waals surface area contributed by atoms with Crippen LogP contribution >= 0.6 is 0 Å². The predicted octanol–water partition coefficient (Wildman–Crippen LogP) is 4.17. The summed E-state index contributed by atoms with van der Waals surface area (Å²) in [5, 5.41) is 5.87. The Kier molecular flexibility index (Phi) is 5.65. The number of hydrogen-bond acceptors (Lipinski definition) is 5. The first-order valence-corrected chi connectivity index (χ1v) is 9.41. The largest absolute Gasteiger partial charge is 0.340 e. The number of carbonyl (C=O) groups is 1. The molecule has 0 bridgehead atoms. The van der Waals surface area contributed by atoms with Gasteiger partial charge >= 0.3 is 0 Å². The maximum absolute atomic E-state index is 13.7. The molecule has 0 fully saturated rings. The van der Waals surface area contributed by atoms with Crippen LogP contribution in [0.15, 0.2) is 67.3 Å². The van der Waals surface area contributed by atoms with Crippen molar-refractivity contribution in [3.8, 4) is 5.82 Å². The van der Waals surface area contributed by atoms with E-state index in [1.54, 1.807) is 36.5 Å². The van der Waals surface area contributed by atoms with E-state index in [0.717, 1.165) is 23.6 Å². The SMILES string of the molecule is Cc1nccn1-c1cc(Nc2ccc(NC(=O)Cc3ccc(F)cc3F)cc2)ncn1. The number of nitrogens with one attached hydrogen (secondary N) is 2. The van der Waals surface area contributed by atoms with E-state index in [1.807, 2.05) is 17.7 Å². The van der Waals surface area contributed by atoms with Gasteiger partial charge in [0.2, 0.25) is 5.91 Å². The standard InChI is InChI=1S/C22H18F2N6O/c1-14-25-8-9-30(14)21-12-20(26-13-27-21)28-17-4-6-18(7-5-17)29-22(31)10-15-2-3-16(23)11-19(15)24/h2-9,11-13H,10H2,1H3,(H,29,31)(H,26,27,28). The third-order valence-electron chi connectivity index (χ3n) is 4.53. The van der Waals surface area contributed by atoms with Gasteiger partial charge in [0.15, 0.2) is 0 Å². The fourth-order valence-corrected chi connectivity index (χ4v) is 3.00. The summed E-state index contributed by atoms with van der Waals surface area (Å²) in [6.45, 7) is 1.88. The van der Waals surface area contributed by atoms with Crippen LogP contribution in [0.4, 0.5) is 26.0 Å². The van der Waals surface area contributed by atoms with Gasteiger partial charge in [-0.2, -0.15) is 0 Å². The van der Waals surface area contributed by atoms with E-state index in [0.29, 0.717) is 17.3 Å². The fourth-order valence-electron chi connectivity index (χ4n) is 3.00. The van der Waals surface area contributed by atoms with Crippen molar-refractivity contribution in [1.29, 1.82) is 0 Å². The van der Waals surface area contributed by atoms with E-state index in [4.69, 9.17) is 0 Å². The Morgan fingerprint density at radius 3 is 2.48 bits per heavy atom. The highest BCUT2D eigenvalue weighted by Gasteiger charge is 2.10. The second kappa shape index (κ2) is 8.70. The molecule has 156 valence electrons. The van der Waals surface area contributed by atoms with Crippen LogP contribution in [0, 0.1) is 18.6 Å². The number of aryl methyl sites for hydroxylation is 1. The van der Waals surface area contributed by atoms with Crippen molar-refractivity contribution < 1.29 is 13.6 Å². The Morgan fingerprint density at radius 2 is 1.77 bits per heavy atom. The molecule has 2 aromatic heterocycles. The van der Waals surface area contributed by atoms with Crippen LogP contribution in [0.25, 0.3) is 5.82 Å². The monoisotopic (exact) mass is 420 g/mol. The first-order chi connectivity index (χ1) is 15.0. The second-order valence-corrected chi connectivity index (χ2v) is 6.77. The Bertz CT molecular complexity index is 1220. The summed E-state index contributed by atoms with van der Waals surface area (Å²) >= 11 is 0. The fraction of sp³-hybridized carbons (Fsp3) is 0.0909. The zero-order valence-electron chi connectivity index (χ0n) is 16.5. The van der Waals surface area contributed by atoms with Crippen molar-refractivity contribution in [2.45, 2.75) is 13.3 Å². The number of nitrogens with zero attached hydrogens (tertiary/aromatic N) is 4. The molecule has 0 radical (unpaired) electrons. The number of imidazole rings is 1. The van der Waals surface area contributed by atoms with Crippen molar-refractivity contribution in [2.75, 3.05) is 10.6 Å². The third kappa shape index (κ3) is 4.89. The Hall–Kier alpha value is -4.14. The number of benzene rings is 2. The maximum Gasteiger partial charge on any atom is 0.228 e. The van der Waals surface area contributed by atoms with E-state index < -0.39 is 17.5 Å². The zero-order chi connectivity index (χ0) is 21.8. The first kappa shape index (κ1) is 20.1. The molecule has 0 spiro atoms. The Balaban J connectivity index is 1.39. The van der Waals surface area contributed by atoms with Gasteiger partial charge in [-0.05, 0) is 42.8 Å². The summed E-state index contributed by atoms with van der Waals surface area (Å²) in [4.78, 5) is 24.8. The van der Waals surface area contributed by atoms with E-state index in [-0.39, 0.29) is 12.0 Å². The third-order valence-corrected chi connectivity index (χ3v) is 4.53. The number of halogens is 2. The van der Waals surface area contributed by atoms with Gasteiger partial charge in [0.05, 0.1) is 6.42 Å². The van der Waals surface area contributed by atoms with Gasteiger partial charge in [-0.1, -0.05) is 6.07 Å². The van der Waals surface area contributed by atoms with Crippen LogP contribution in [0.1, 0.15) is 11.4 Å². The molecule has 0 aliphatic carbocycles. The summed E-state index contributed by atoms with van der Waals surface area (Å²) in [5.74, 6) is 0.268. The van der Waals surface area contributed by atoms with Crippen LogP contribution in [0.2, 0.25) is 0 Å². The highest BCUT2D eigenvalue weighted by atomic mass is 19.1. The summed E-state index contributed by atoms with van der Waals surface area (Å²) in [7, 11) is 0. The molecule has 4 aromatic rings. The lowest BCUT2D eigenvalue weighted by molar-refractivity contribution is -0.115. The predicted molar refractivity (Wildman–Crippen MR) is 112 cm³/mol. The molecule has 2 N–H and O–H groups in total. The minimum atomic E-state index is -0.746. The minimum absolute atomic E-state index is 0.130. The first-order valence-electron chi connectivity index (χ1n) is 9.41. The highest BCUT2D eigenvalue weighted by Crippen LogP contribution is 2.19. The van der Waals surface area contributed by atoms with Gasteiger partial charge in [-0.25, -0.2) is 23.7 Å². The van der Waals surface area contributed by atoms with Crippen molar-refractivity contribution in [2.24, 2.45) is 0 Å². The summed E-state index contributed by atoms with van der Waals surface area (Å²) < 4.78 is 28.5. The number of aromatic nitrogens is 4. The zero-order valence-corrected chi connectivity index (χ0v) is 16.5. The van der Waals surface area contributed by atoms with E-state index in [9.17, 15) is 13.6 Å². The van der Waals surface area contributed by atoms with Gasteiger partial charge in [0, 0.05) is 35.9 Å². The Labute approximate surface area is 176 Å². The van der Waals surface area contributed by atoms with Crippen LogP contribution in [-0.2, 0) is 11.2 Å². The number of carbonyl (C=O) groups excluding carboxylic acids is 1. The lowest BCUT2D eigenvalue weighted by atomic mass is 10.1. The average Bonchev–Trinajstić information content (AvgIpc) is 3.18. The summed E-state index contributed by atoms with van der Waals surface area (Å²) in [6, 6.07) is 11.9. The van der Waals surface area contributed by atoms with E-state index >= 15 is 0 Å². The summed E-state index contributed by atoms with van der Waals surface area (Å²) in [5.41, 5.74) is 1.44. The number of anilines is 3. The molecule has 9 heteroatoms. The second-order valence-electron chi connectivity index (χ2n) is 6.77. The van der Waals surface area contributed by atoms with Gasteiger partial charge in [0.25, 0.3) is 0 Å². The molecule has 31 heavy (non-hydrogen) atoms. The minimum Gasteiger partial charge on any atom is -0.340 e. The van der Waals surface area contributed by atoms with Crippen molar-refractivity contribution >= 4 is 23.1 Å². The van der Waals surface area contributed by atoms with Crippen molar-refractivity contribution in [1.82, 2.24) is 19.5 Å². The molecule has 2 heterocycles. The molecule has 4 rings (SSSR count). The molecule has 0 atom stereocenters. The molecule has 0 aliphatic rings. The molecule has 1 amide bonds. The lowest BCUT2D eigenvalue weighted by Gasteiger charge is -2.10. The van der Waals surface area contributed by atoms with Gasteiger partial charge in [-0.3, -0.25) is 9.36 Å². The molecule has 0 saturated carbocycles. The molecule has 7 nitrogen and oxygen atoms in total. The van der Waals surface area contributed by atoms with Crippen LogP contribution in [0.5, 0.6) is 0 Å². The maximum atomic E-state index is 13.7. The van der Waals surface area contributed by atoms with Crippen LogP contribution in [-0.4, -0.2) is 25.4 Å². The summed E-state index contributed by atoms with van der Waals surface area (Å²) in [6.07, 6.45) is 4.78.